The first-order valence-corrected chi connectivity index (χ1v) is 46.7. The fraction of sp³-hybridized carbons (Fsp3) is 0.305. The van der Waals surface area contributed by atoms with Crippen molar-refractivity contribution < 1.29 is 183 Å². The number of carbonyl (C=O) groups is 1. The Morgan fingerprint density at radius 2 is 0.759 bits per heavy atom. The number of hydrogen-bond acceptors (Lipinski definition) is 23. The molecule has 4 atom stereocenters. The molecule has 8 heterocycles. The number of hydrogen-bond donors (Lipinski definition) is 9. The van der Waals surface area contributed by atoms with Crippen LogP contribution in [0.2, 0.25) is 20.1 Å². The molecule has 0 bridgehead atoms. The largest absolute Gasteiger partial charge is 1.00 e. The summed E-state index contributed by atoms with van der Waals surface area (Å²) in [5.74, 6) is 11.2. The van der Waals surface area contributed by atoms with E-state index >= 15 is 0 Å². The van der Waals surface area contributed by atoms with Gasteiger partial charge >= 0.3 is 29.6 Å². The average molecular weight is 2630 g/mol. The van der Waals surface area contributed by atoms with Gasteiger partial charge in [0.05, 0.1) is 6.04 Å². The first-order valence-electron chi connectivity index (χ1n) is 45.2. The van der Waals surface area contributed by atoms with E-state index in [0.29, 0.717) is 47.0 Å². The molecule has 14 aromatic rings. The van der Waals surface area contributed by atoms with Crippen molar-refractivity contribution in [2.45, 2.75) is 185 Å². The van der Waals surface area contributed by atoms with Gasteiger partial charge in [-0.25, -0.2) is 49.8 Å². The fourth-order valence-corrected chi connectivity index (χ4v) is 14.7. The molecule has 36 heteroatoms. The first kappa shape index (κ1) is 128. The van der Waals surface area contributed by atoms with Gasteiger partial charge in [-0.05, 0) is 194 Å². The molecular weight excluding hydrogens is 2500 g/mol. The van der Waals surface area contributed by atoms with Crippen LogP contribution in [0, 0.1) is 186 Å². The number of benzene rings is 6. The van der Waals surface area contributed by atoms with E-state index in [0.717, 1.165) is 137 Å². The number of nitrogens with one attached hydrogen (secondary N) is 7. The third-order valence-electron chi connectivity index (χ3n) is 20.1. The number of rotatable bonds is 32. The van der Waals surface area contributed by atoms with Crippen molar-refractivity contribution in [3.63, 3.8) is 0 Å². The minimum atomic E-state index is -0.278. The minimum Gasteiger partial charge on any atom is -0.870 e. The summed E-state index contributed by atoms with van der Waals surface area (Å²) in [6.07, 6.45) is 43.8. The molecule has 2 aliphatic rings. The standard InChI is InChI=1S/C24H25Cl2N7.C19H22ClN5.C18H21ClN6.C16H20.C13H14.C11H13N5O.C4H10.3Ac.B.Na.H2O2.H2O/c1-17(13-28-14-18-5-7-20(25)8-6-18)30-22-12-23(33-10-9-27-16-33)32-24(31-22)29-15-19-3-2-4-21(26)11-19;1-14(4-3-5-16-6-8-17(20)9-7-16)22-18-12-19(24-15(2)23-18)25-11-10-21-13-25;1-13(10-21-11-15-3-5-16(19)6-4-15)22-17-9-18(24-14(2)23-17)25-8-7-20-12-25;1-12(2)8-14-9-13(3)10-16(11-14)15-6-4-5-7-15;1-10-7-11(2)9-13(8-10)12-5-3-4-6-12;1-8(6-17)13-10-5-11(15-9(2)14-10)16-4-3-12-7-16;1-4(2)3;;;;;;1-2;/h2-12,16-17,28H,13-15H2,1H3,(H2,29,30,31,32);6-14H,3-5H2,1-2H3,(H,22,23,24);3-9,12-13,21H,10-11H2,1-2H3,(H,22,23,24);4-7,9-12,15H,8H2,1-3H3;3-9,12H,1-2H3;3-8H,1-2H3,(H,13,14,15);4H,1-3H3;;;;;;1-2H;1H2/q;;;;;;;;;;;+1;;/p-1/t17-;14-;13-;;;8-;;;;;;;;/m111..1......../s1. The average Bonchev–Trinajstić information content (AvgIpc) is 1.52. The molecule has 141 heavy (non-hydrogen) atoms. The summed E-state index contributed by atoms with van der Waals surface area (Å²) in [7, 11) is 0. The SMILES string of the molecule is CC(C)C.C[C@H](CNCc1ccc(Cl)cc1)Nc1cc(-n2ccnc2)nc(NCc2cccc(Cl)c2)n1.Cc1cc(C)cc(C2C=CC=C2)c1.Cc1cc(CC(C)C)cc(C2C=CC=C2)c1.Cc1nc(N[C@H](C)C=O)cc(-n2ccnc2)n1.Cc1nc(N[C@H](C)CCCc2ccc(Cl)cc2)cc(-n2ccnc2)n1.Cc1nc(N[C@H](C)CNCc2ccc(Cl)cc2)cc(-n2ccnc2)n1.OO.[Ac].[Ac].[Ac].[B].[Na+].[OH-]. The molecular formula is C105H128Ac3BCl4N23NaO4. The fourth-order valence-electron chi connectivity index (χ4n) is 14.1. The van der Waals surface area contributed by atoms with Crippen LogP contribution in [0.5, 0.6) is 0 Å². The Hall–Kier alpha value is -7.54. The molecule has 0 saturated carbocycles. The van der Waals surface area contributed by atoms with Crippen molar-refractivity contribution in [1.29, 1.82) is 0 Å². The van der Waals surface area contributed by atoms with Crippen LogP contribution in [-0.4, -0.2) is 146 Å². The monoisotopic (exact) mass is 2630 g/mol. The zero-order chi connectivity index (χ0) is 97.0. The number of imidazole rings is 4. The van der Waals surface area contributed by atoms with E-state index in [1.165, 1.54) is 56.5 Å². The Morgan fingerprint density at radius 3 is 1.13 bits per heavy atom. The van der Waals surface area contributed by atoms with Crippen molar-refractivity contribution >= 4 is 90.3 Å². The molecule has 16 rings (SSSR count). The molecule has 0 aliphatic heterocycles. The van der Waals surface area contributed by atoms with Crippen molar-refractivity contribution in [3.8, 4) is 23.3 Å². The van der Waals surface area contributed by atoms with E-state index in [2.05, 4.69) is 270 Å². The van der Waals surface area contributed by atoms with Gasteiger partial charge in [0.15, 0.2) is 0 Å². The van der Waals surface area contributed by atoms with Crippen LogP contribution >= 0.6 is 46.4 Å². The van der Waals surface area contributed by atoms with Gasteiger partial charge in [0, 0.05) is 297 Å². The number of anilines is 5. The molecule has 6 aromatic carbocycles. The van der Waals surface area contributed by atoms with E-state index in [-0.39, 0.29) is 194 Å². The van der Waals surface area contributed by atoms with Gasteiger partial charge in [-0.1, -0.05) is 231 Å². The van der Waals surface area contributed by atoms with Crippen LogP contribution in [0.4, 0.5) is 29.2 Å². The third kappa shape index (κ3) is 48.6. The van der Waals surface area contributed by atoms with Crippen LogP contribution in [0.3, 0.4) is 0 Å². The second kappa shape index (κ2) is 69.5. The zero-order valence-electron chi connectivity index (χ0n) is 83.3. The summed E-state index contributed by atoms with van der Waals surface area (Å²) in [4.78, 5) is 62.4. The van der Waals surface area contributed by atoms with Gasteiger partial charge in [-0.15, -0.1) is 0 Å². The molecule has 0 unspecified atom stereocenters. The van der Waals surface area contributed by atoms with Gasteiger partial charge in [0.1, 0.15) is 95.6 Å². The number of nitrogens with zero attached hydrogens (tertiary/aromatic N) is 16. The van der Waals surface area contributed by atoms with E-state index in [4.69, 9.17) is 56.9 Å². The molecule has 10 N–H and O–H groups in total. The molecule has 728 valence electrons. The number of allylic oxidation sites excluding steroid dienone is 8. The van der Waals surface area contributed by atoms with E-state index in [1.807, 2.05) is 149 Å². The van der Waals surface area contributed by atoms with E-state index < -0.39 is 0 Å². The van der Waals surface area contributed by atoms with Crippen molar-refractivity contribution in [2.24, 2.45) is 11.8 Å². The van der Waals surface area contributed by atoms with Gasteiger partial charge in [0.25, 0.3) is 0 Å². The van der Waals surface area contributed by atoms with E-state index in [9.17, 15) is 4.79 Å². The molecule has 0 saturated heterocycles. The smallest absolute Gasteiger partial charge is 0.870 e. The van der Waals surface area contributed by atoms with Crippen molar-refractivity contribution in [3.05, 3.63) is 374 Å². The van der Waals surface area contributed by atoms with Crippen molar-refractivity contribution in [1.82, 2.24) is 88.7 Å². The molecule has 0 amide bonds. The van der Waals surface area contributed by atoms with Gasteiger partial charge in [-0.3, -0.25) is 28.8 Å². The first-order chi connectivity index (χ1) is 65.1. The Labute approximate surface area is 983 Å². The van der Waals surface area contributed by atoms with Gasteiger partial charge in [0.2, 0.25) is 5.95 Å². The summed E-state index contributed by atoms with van der Waals surface area (Å²) < 4.78 is 7.38. The summed E-state index contributed by atoms with van der Waals surface area (Å²) in [5, 5.41) is 38.5. The molecule has 27 nitrogen and oxygen atoms in total. The van der Waals surface area contributed by atoms with Crippen LogP contribution in [0.1, 0.15) is 160 Å². The normalized spacial score (nSPS) is 12.0. The summed E-state index contributed by atoms with van der Waals surface area (Å²) >= 11 is 23.9. The molecule has 6 radical (unpaired) electrons. The van der Waals surface area contributed by atoms with Gasteiger partial charge in [-0.2, -0.15) is 9.97 Å². The Morgan fingerprint density at radius 1 is 0.397 bits per heavy atom. The Balaban J connectivity index is 0.000000436. The predicted octanol–water partition coefficient (Wildman–Crippen LogP) is 19.8. The maximum Gasteiger partial charge on any atom is 1.00 e. The topological polar surface area (TPSA) is 346 Å². The Bertz CT molecular complexity index is 5820. The summed E-state index contributed by atoms with van der Waals surface area (Å²) in [5.41, 5.74) is 13.1. The van der Waals surface area contributed by atoms with Crippen LogP contribution < -0.4 is 66.8 Å². The number of aryl methyl sites for hydroxylation is 7. The van der Waals surface area contributed by atoms with Crippen molar-refractivity contribution in [2.75, 3.05) is 39.7 Å². The van der Waals surface area contributed by atoms with Gasteiger partial charge < -0.3 is 47.5 Å². The van der Waals surface area contributed by atoms with E-state index in [1.54, 1.807) is 80.8 Å². The van der Waals surface area contributed by atoms with Crippen LogP contribution in [-0.2, 0) is 37.3 Å². The minimum absolute atomic E-state index is 0. The summed E-state index contributed by atoms with van der Waals surface area (Å²) in [6.45, 7) is 35.0. The third-order valence-corrected chi connectivity index (χ3v) is 21.1. The predicted molar refractivity (Wildman–Crippen MR) is 560 cm³/mol. The molecule has 2 aliphatic carbocycles. The maximum atomic E-state index is 10.6. The number of aromatic nitrogens is 16. The zero-order valence-corrected chi connectivity index (χ0v) is 103. The quantitative estimate of drug-likeness (QED) is 0.00818. The number of halogens is 4. The van der Waals surface area contributed by atoms with Crippen LogP contribution in [0.25, 0.3) is 23.3 Å². The molecule has 0 spiro atoms. The molecule has 8 aromatic heterocycles. The van der Waals surface area contributed by atoms with Crippen LogP contribution in [0.15, 0.2) is 281 Å². The second-order valence-electron chi connectivity index (χ2n) is 34.1. The molecule has 0 fully saturated rings. The Kier molecular flexibility index (Phi) is 62.9. The second-order valence-corrected chi connectivity index (χ2v) is 35.9. The summed E-state index contributed by atoms with van der Waals surface area (Å²) in [6, 6.07) is 53.1. The number of carbonyl (C=O) groups excluding carboxylic acids is 1. The maximum absolute atomic E-state index is 10.6. The number of aldehydes is 1.